The van der Waals surface area contributed by atoms with E-state index in [-0.39, 0.29) is 0 Å². The van der Waals surface area contributed by atoms with Gasteiger partial charge >= 0.3 is 0 Å². The maximum atomic E-state index is 10.9. The first-order valence-electron chi connectivity index (χ1n) is 5.52. The van der Waals surface area contributed by atoms with Crippen LogP contribution < -0.4 is 5.32 Å². The van der Waals surface area contributed by atoms with E-state index in [9.17, 15) is 4.21 Å². The van der Waals surface area contributed by atoms with Crippen LogP contribution in [0.15, 0.2) is 18.5 Å². The standard InChI is InChI=1S/C11H16N4OS/c1-9-8-10-11(12-4-3-7-17(2)16)13-5-6-15(10)14-9/h5-6,8H,3-4,7H2,1-2H3,(H,12,13). The van der Waals surface area contributed by atoms with E-state index in [1.165, 1.54) is 0 Å². The van der Waals surface area contributed by atoms with Crippen LogP contribution in [0.4, 0.5) is 5.82 Å². The van der Waals surface area contributed by atoms with Crippen molar-refractivity contribution in [3.63, 3.8) is 0 Å². The number of rotatable bonds is 5. The number of aryl methyl sites for hydroxylation is 1. The summed E-state index contributed by atoms with van der Waals surface area (Å²) in [4.78, 5) is 4.29. The zero-order chi connectivity index (χ0) is 12.3. The molecule has 0 radical (unpaired) electrons. The average Bonchev–Trinajstić information content (AvgIpc) is 2.65. The molecular formula is C11H16N4OS. The van der Waals surface area contributed by atoms with Crippen molar-refractivity contribution in [3.8, 4) is 0 Å². The Morgan fingerprint density at radius 2 is 2.35 bits per heavy atom. The Hall–Kier alpha value is -1.43. The van der Waals surface area contributed by atoms with E-state index >= 15 is 0 Å². The molecule has 92 valence electrons. The fraction of sp³-hybridized carbons (Fsp3) is 0.455. The SMILES string of the molecule is Cc1cc2c(NCCCS(C)=O)nccn2n1. The van der Waals surface area contributed by atoms with Crippen molar-refractivity contribution in [2.24, 2.45) is 0 Å². The summed E-state index contributed by atoms with van der Waals surface area (Å²) in [6, 6.07) is 1.99. The number of nitrogens with zero attached hydrogens (tertiary/aromatic N) is 3. The van der Waals surface area contributed by atoms with Crippen LogP contribution in [0.5, 0.6) is 0 Å². The Kier molecular flexibility index (Phi) is 3.73. The minimum absolute atomic E-state index is 0.717. The van der Waals surface area contributed by atoms with Crippen molar-refractivity contribution in [1.29, 1.82) is 0 Å². The van der Waals surface area contributed by atoms with Crippen LogP contribution in [0.1, 0.15) is 12.1 Å². The summed E-state index contributed by atoms with van der Waals surface area (Å²) < 4.78 is 12.7. The Labute approximate surface area is 103 Å². The number of anilines is 1. The third-order valence-electron chi connectivity index (χ3n) is 2.41. The summed E-state index contributed by atoms with van der Waals surface area (Å²) in [6.45, 7) is 2.73. The van der Waals surface area contributed by atoms with Crippen LogP contribution >= 0.6 is 0 Å². The lowest BCUT2D eigenvalue weighted by atomic mass is 10.4. The molecule has 5 nitrogen and oxygen atoms in total. The van der Waals surface area contributed by atoms with Gasteiger partial charge in [-0.05, 0) is 19.4 Å². The minimum Gasteiger partial charge on any atom is -0.368 e. The van der Waals surface area contributed by atoms with Gasteiger partial charge in [-0.1, -0.05) is 0 Å². The number of nitrogens with one attached hydrogen (secondary N) is 1. The van der Waals surface area contributed by atoms with E-state index in [4.69, 9.17) is 0 Å². The summed E-state index contributed by atoms with van der Waals surface area (Å²) in [5, 5.41) is 7.57. The molecule has 0 fully saturated rings. The van der Waals surface area contributed by atoms with E-state index in [1.54, 1.807) is 12.5 Å². The molecule has 0 amide bonds. The van der Waals surface area contributed by atoms with E-state index in [0.717, 1.165) is 30.0 Å². The fourth-order valence-electron chi connectivity index (χ4n) is 1.66. The van der Waals surface area contributed by atoms with Crippen LogP contribution in [0.2, 0.25) is 0 Å². The maximum absolute atomic E-state index is 10.9. The third kappa shape index (κ3) is 3.03. The summed E-state index contributed by atoms with van der Waals surface area (Å²) in [6.07, 6.45) is 6.15. The quantitative estimate of drug-likeness (QED) is 0.813. The van der Waals surface area contributed by atoms with Gasteiger partial charge in [0.25, 0.3) is 0 Å². The number of aromatic nitrogens is 3. The lowest BCUT2D eigenvalue weighted by Gasteiger charge is -2.05. The van der Waals surface area contributed by atoms with Gasteiger partial charge in [0.05, 0.1) is 5.69 Å². The Morgan fingerprint density at radius 3 is 3.12 bits per heavy atom. The van der Waals surface area contributed by atoms with Gasteiger partial charge in [0.1, 0.15) is 5.52 Å². The van der Waals surface area contributed by atoms with Gasteiger partial charge < -0.3 is 5.32 Å². The van der Waals surface area contributed by atoms with Crippen molar-refractivity contribution in [3.05, 3.63) is 24.2 Å². The van der Waals surface area contributed by atoms with Crippen molar-refractivity contribution in [2.75, 3.05) is 23.9 Å². The second-order valence-corrected chi connectivity index (χ2v) is 5.50. The molecule has 2 rings (SSSR count). The highest BCUT2D eigenvalue weighted by molar-refractivity contribution is 7.84. The molecule has 1 N–H and O–H groups in total. The Balaban J connectivity index is 2.05. The summed E-state index contributed by atoms with van der Waals surface area (Å²) in [5.41, 5.74) is 1.94. The van der Waals surface area contributed by atoms with E-state index in [2.05, 4.69) is 15.4 Å². The molecule has 2 heterocycles. The average molecular weight is 252 g/mol. The van der Waals surface area contributed by atoms with Crippen LogP contribution in [0.3, 0.4) is 0 Å². The minimum atomic E-state index is -0.724. The first kappa shape index (κ1) is 12.0. The predicted molar refractivity (Wildman–Crippen MR) is 69.8 cm³/mol. The lowest BCUT2D eigenvalue weighted by Crippen LogP contribution is -2.08. The normalized spacial score (nSPS) is 12.8. The summed E-state index contributed by atoms with van der Waals surface area (Å²) in [5.74, 6) is 1.55. The van der Waals surface area contributed by atoms with Gasteiger partial charge in [0.15, 0.2) is 5.82 Å². The molecule has 1 atom stereocenters. The number of hydrogen-bond donors (Lipinski definition) is 1. The van der Waals surface area contributed by atoms with Crippen LogP contribution in [0, 0.1) is 6.92 Å². The molecule has 0 saturated heterocycles. The predicted octanol–water partition coefficient (Wildman–Crippen LogP) is 1.22. The highest BCUT2D eigenvalue weighted by Gasteiger charge is 2.04. The van der Waals surface area contributed by atoms with Crippen LogP contribution in [-0.4, -0.2) is 37.4 Å². The molecule has 17 heavy (non-hydrogen) atoms. The van der Waals surface area contributed by atoms with Gasteiger partial charge in [-0.3, -0.25) is 4.21 Å². The first-order chi connectivity index (χ1) is 8.16. The zero-order valence-electron chi connectivity index (χ0n) is 10.0. The molecular weight excluding hydrogens is 236 g/mol. The van der Waals surface area contributed by atoms with E-state index in [1.807, 2.05) is 23.7 Å². The second kappa shape index (κ2) is 5.27. The Bertz CT molecular complexity index is 537. The highest BCUT2D eigenvalue weighted by Crippen LogP contribution is 2.14. The maximum Gasteiger partial charge on any atom is 0.152 e. The van der Waals surface area contributed by atoms with Crippen molar-refractivity contribution < 1.29 is 4.21 Å². The van der Waals surface area contributed by atoms with Crippen molar-refractivity contribution >= 4 is 22.1 Å². The molecule has 2 aromatic rings. The van der Waals surface area contributed by atoms with E-state index < -0.39 is 10.8 Å². The molecule has 0 aromatic carbocycles. The molecule has 0 aliphatic rings. The molecule has 0 aliphatic heterocycles. The van der Waals surface area contributed by atoms with Gasteiger partial charge in [0.2, 0.25) is 0 Å². The van der Waals surface area contributed by atoms with Gasteiger partial charge in [-0.2, -0.15) is 5.10 Å². The lowest BCUT2D eigenvalue weighted by molar-refractivity contribution is 0.685. The molecule has 0 bridgehead atoms. The van der Waals surface area contributed by atoms with Gasteiger partial charge in [-0.15, -0.1) is 0 Å². The van der Waals surface area contributed by atoms with Crippen molar-refractivity contribution in [2.45, 2.75) is 13.3 Å². The molecule has 2 aromatic heterocycles. The van der Waals surface area contributed by atoms with Crippen LogP contribution in [0.25, 0.3) is 5.52 Å². The molecule has 0 aliphatic carbocycles. The first-order valence-corrected chi connectivity index (χ1v) is 7.24. The monoisotopic (exact) mass is 252 g/mol. The largest absolute Gasteiger partial charge is 0.368 e. The molecule has 0 spiro atoms. The molecule has 6 heteroatoms. The molecule has 1 unspecified atom stereocenters. The fourth-order valence-corrected chi connectivity index (χ4v) is 2.21. The second-order valence-electron chi connectivity index (χ2n) is 3.95. The number of hydrogen-bond acceptors (Lipinski definition) is 4. The summed E-state index contributed by atoms with van der Waals surface area (Å²) >= 11 is 0. The third-order valence-corrected chi connectivity index (χ3v) is 3.28. The Morgan fingerprint density at radius 1 is 1.53 bits per heavy atom. The highest BCUT2D eigenvalue weighted by atomic mass is 32.2. The summed E-state index contributed by atoms with van der Waals surface area (Å²) in [7, 11) is -0.724. The number of fused-ring (bicyclic) bond motifs is 1. The topological polar surface area (TPSA) is 59.3 Å². The van der Waals surface area contributed by atoms with Gasteiger partial charge in [0, 0.05) is 41.7 Å². The van der Waals surface area contributed by atoms with Crippen molar-refractivity contribution in [1.82, 2.24) is 14.6 Å². The van der Waals surface area contributed by atoms with Gasteiger partial charge in [-0.25, -0.2) is 9.50 Å². The van der Waals surface area contributed by atoms with Crippen LogP contribution in [-0.2, 0) is 10.8 Å². The molecule has 0 saturated carbocycles. The smallest absolute Gasteiger partial charge is 0.152 e. The van der Waals surface area contributed by atoms with E-state index in [0.29, 0.717) is 5.75 Å². The zero-order valence-corrected chi connectivity index (χ0v) is 10.8.